The fraction of sp³-hybridized carbons (Fsp3) is 0.500. The predicted octanol–water partition coefficient (Wildman–Crippen LogP) is 2.99. The molecule has 0 amide bonds. The number of aromatic nitrogens is 2. The topological polar surface area (TPSA) is 63.0 Å². The van der Waals surface area contributed by atoms with Gasteiger partial charge in [-0.1, -0.05) is 12.1 Å². The van der Waals surface area contributed by atoms with Gasteiger partial charge in [0.2, 0.25) is 11.8 Å². The van der Waals surface area contributed by atoms with E-state index in [1.165, 1.54) is 12.8 Å². The molecule has 21 heavy (non-hydrogen) atoms. The Labute approximate surface area is 125 Å². The number of aryl methyl sites for hydroxylation is 1. The van der Waals surface area contributed by atoms with Crippen molar-refractivity contribution in [1.29, 1.82) is 0 Å². The molecule has 1 aromatic carbocycles. The molecule has 1 saturated heterocycles. The number of hydrogen-bond donors (Lipinski definition) is 2. The summed E-state index contributed by atoms with van der Waals surface area (Å²) < 4.78 is 5.55. The molecule has 2 heterocycles. The fourth-order valence-electron chi connectivity index (χ4n) is 2.91. The Hall–Kier alpha value is -1.88. The van der Waals surface area contributed by atoms with E-state index in [1.54, 1.807) is 6.92 Å². The van der Waals surface area contributed by atoms with Crippen LogP contribution in [0.1, 0.15) is 32.1 Å². The maximum absolute atomic E-state index is 5.55. The van der Waals surface area contributed by atoms with Crippen LogP contribution in [0, 0.1) is 6.92 Å². The van der Waals surface area contributed by atoms with Gasteiger partial charge in [0.15, 0.2) is 0 Å². The van der Waals surface area contributed by atoms with Gasteiger partial charge in [-0.3, -0.25) is 0 Å². The van der Waals surface area contributed by atoms with Gasteiger partial charge in [0, 0.05) is 24.7 Å². The van der Waals surface area contributed by atoms with Crippen LogP contribution >= 0.6 is 0 Å². The van der Waals surface area contributed by atoms with Crippen LogP contribution in [0.2, 0.25) is 0 Å². The molecular formula is C16H22N4O. The Kier molecular flexibility index (Phi) is 4.20. The second kappa shape index (κ2) is 6.26. The molecule has 1 aliphatic rings. The summed E-state index contributed by atoms with van der Waals surface area (Å²) >= 11 is 0. The van der Waals surface area contributed by atoms with Crippen molar-refractivity contribution in [1.82, 2.24) is 15.5 Å². The molecule has 1 fully saturated rings. The smallest absolute Gasteiger partial charge is 0.249 e. The number of nitrogens with zero attached hydrogens (tertiary/aromatic N) is 2. The van der Waals surface area contributed by atoms with Crippen molar-refractivity contribution in [2.45, 2.75) is 45.2 Å². The summed E-state index contributed by atoms with van der Waals surface area (Å²) in [6, 6.07) is 9.11. The molecular weight excluding hydrogens is 264 g/mol. The van der Waals surface area contributed by atoms with Gasteiger partial charge in [-0.15, -0.1) is 10.2 Å². The zero-order valence-electron chi connectivity index (χ0n) is 12.6. The molecule has 112 valence electrons. The first-order valence-corrected chi connectivity index (χ1v) is 7.62. The molecule has 1 aliphatic heterocycles. The van der Waals surface area contributed by atoms with E-state index in [4.69, 9.17) is 4.42 Å². The summed E-state index contributed by atoms with van der Waals surface area (Å²) in [4.78, 5) is 0. The summed E-state index contributed by atoms with van der Waals surface area (Å²) in [5.41, 5.74) is 2.01. The highest BCUT2D eigenvalue weighted by molar-refractivity contribution is 5.72. The zero-order valence-corrected chi connectivity index (χ0v) is 12.6. The molecule has 2 aromatic rings. The monoisotopic (exact) mass is 286 g/mol. The van der Waals surface area contributed by atoms with Crippen molar-refractivity contribution in [2.75, 3.05) is 11.9 Å². The first-order chi connectivity index (χ1) is 10.2. The highest BCUT2D eigenvalue weighted by atomic mass is 16.4. The first-order valence-electron chi connectivity index (χ1n) is 7.62. The number of para-hydroxylation sites is 1. The SMILES string of the molecule is Cc1nnc(-c2ccccc2NC(C)CC2CCCN2)o1. The molecule has 5 nitrogen and oxygen atoms in total. The van der Waals surface area contributed by atoms with E-state index >= 15 is 0 Å². The minimum Gasteiger partial charge on any atom is -0.421 e. The summed E-state index contributed by atoms with van der Waals surface area (Å²) in [7, 11) is 0. The van der Waals surface area contributed by atoms with Gasteiger partial charge in [0.25, 0.3) is 0 Å². The molecule has 1 aromatic heterocycles. The molecule has 2 atom stereocenters. The Morgan fingerprint density at radius 1 is 1.38 bits per heavy atom. The van der Waals surface area contributed by atoms with Gasteiger partial charge < -0.3 is 15.1 Å². The normalized spacial score (nSPS) is 19.6. The van der Waals surface area contributed by atoms with Crippen LogP contribution in [0.25, 0.3) is 11.5 Å². The van der Waals surface area contributed by atoms with Crippen molar-refractivity contribution < 1.29 is 4.42 Å². The Bertz CT molecular complexity index is 589. The fourth-order valence-corrected chi connectivity index (χ4v) is 2.91. The Morgan fingerprint density at radius 2 is 2.24 bits per heavy atom. The minimum absolute atomic E-state index is 0.394. The molecule has 0 saturated carbocycles. The average molecular weight is 286 g/mol. The third-order valence-corrected chi connectivity index (χ3v) is 3.89. The lowest BCUT2D eigenvalue weighted by Gasteiger charge is -2.20. The molecule has 0 aliphatic carbocycles. The van der Waals surface area contributed by atoms with Crippen LogP contribution in [-0.2, 0) is 0 Å². The van der Waals surface area contributed by atoms with Crippen LogP contribution in [0.4, 0.5) is 5.69 Å². The van der Waals surface area contributed by atoms with E-state index in [-0.39, 0.29) is 0 Å². The van der Waals surface area contributed by atoms with Crippen LogP contribution < -0.4 is 10.6 Å². The molecule has 5 heteroatoms. The van der Waals surface area contributed by atoms with Gasteiger partial charge in [-0.05, 0) is 44.9 Å². The molecule has 2 unspecified atom stereocenters. The average Bonchev–Trinajstić information content (AvgIpc) is 3.11. The van der Waals surface area contributed by atoms with Crippen LogP contribution in [0.3, 0.4) is 0 Å². The predicted molar refractivity (Wildman–Crippen MR) is 83.2 cm³/mol. The number of hydrogen-bond acceptors (Lipinski definition) is 5. The van der Waals surface area contributed by atoms with Gasteiger partial charge in [0.1, 0.15) is 0 Å². The van der Waals surface area contributed by atoms with Crippen molar-refractivity contribution in [2.24, 2.45) is 0 Å². The minimum atomic E-state index is 0.394. The number of anilines is 1. The molecule has 0 bridgehead atoms. The zero-order chi connectivity index (χ0) is 14.7. The van der Waals surface area contributed by atoms with E-state index in [1.807, 2.05) is 18.2 Å². The molecule has 0 radical (unpaired) electrons. The van der Waals surface area contributed by atoms with Crippen molar-refractivity contribution in [3.63, 3.8) is 0 Å². The lowest BCUT2D eigenvalue weighted by molar-refractivity contribution is 0.522. The highest BCUT2D eigenvalue weighted by Crippen LogP contribution is 2.27. The first kappa shape index (κ1) is 14.1. The largest absolute Gasteiger partial charge is 0.421 e. The lowest BCUT2D eigenvalue weighted by Crippen LogP contribution is -2.29. The van der Waals surface area contributed by atoms with E-state index < -0.39 is 0 Å². The van der Waals surface area contributed by atoms with Crippen LogP contribution in [-0.4, -0.2) is 28.8 Å². The summed E-state index contributed by atoms with van der Waals surface area (Å²) in [5, 5.41) is 15.1. The third-order valence-electron chi connectivity index (χ3n) is 3.89. The van der Waals surface area contributed by atoms with E-state index in [9.17, 15) is 0 Å². The van der Waals surface area contributed by atoms with Crippen molar-refractivity contribution in [3.05, 3.63) is 30.2 Å². The van der Waals surface area contributed by atoms with Gasteiger partial charge in [0.05, 0.1) is 5.56 Å². The van der Waals surface area contributed by atoms with Crippen LogP contribution in [0.5, 0.6) is 0 Å². The lowest BCUT2D eigenvalue weighted by atomic mass is 10.1. The van der Waals surface area contributed by atoms with Gasteiger partial charge >= 0.3 is 0 Å². The van der Waals surface area contributed by atoms with Gasteiger partial charge in [-0.2, -0.15) is 0 Å². The summed E-state index contributed by atoms with van der Waals surface area (Å²) in [5.74, 6) is 1.16. The number of benzene rings is 1. The van der Waals surface area contributed by atoms with Gasteiger partial charge in [-0.25, -0.2) is 0 Å². The molecule has 3 rings (SSSR count). The standard InChI is InChI=1S/C16H22N4O/c1-11(10-13-6-5-9-17-13)18-15-8-4-3-7-14(15)16-20-19-12(2)21-16/h3-4,7-8,11,13,17-18H,5-6,9-10H2,1-2H3. The Morgan fingerprint density at radius 3 is 2.95 bits per heavy atom. The van der Waals surface area contributed by atoms with Crippen molar-refractivity contribution in [3.8, 4) is 11.5 Å². The maximum Gasteiger partial charge on any atom is 0.249 e. The number of nitrogens with one attached hydrogen (secondary N) is 2. The van der Waals surface area contributed by atoms with E-state index in [0.29, 0.717) is 23.9 Å². The highest BCUT2D eigenvalue weighted by Gasteiger charge is 2.18. The Balaban J connectivity index is 1.72. The van der Waals surface area contributed by atoms with E-state index in [0.717, 1.165) is 24.2 Å². The summed E-state index contributed by atoms with van der Waals surface area (Å²) in [6.45, 7) is 5.17. The third kappa shape index (κ3) is 3.42. The molecule has 0 spiro atoms. The maximum atomic E-state index is 5.55. The molecule has 2 N–H and O–H groups in total. The van der Waals surface area contributed by atoms with Crippen LogP contribution in [0.15, 0.2) is 28.7 Å². The second-order valence-corrected chi connectivity index (χ2v) is 5.75. The van der Waals surface area contributed by atoms with E-state index in [2.05, 4.69) is 33.8 Å². The number of rotatable bonds is 5. The van der Waals surface area contributed by atoms with Crippen molar-refractivity contribution >= 4 is 5.69 Å². The summed E-state index contributed by atoms with van der Waals surface area (Å²) in [6.07, 6.45) is 3.68. The second-order valence-electron chi connectivity index (χ2n) is 5.75. The quantitative estimate of drug-likeness (QED) is 0.884.